The largest absolute Gasteiger partial charge is 0.262 e. The summed E-state index contributed by atoms with van der Waals surface area (Å²) in [6.45, 7) is 0. The summed E-state index contributed by atoms with van der Waals surface area (Å²) in [6.07, 6.45) is 11.1. The van der Waals surface area contributed by atoms with E-state index in [1.165, 1.54) is 31.2 Å². The van der Waals surface area contributed by atoms with Crippen LogP contribution in [0, 0.1) is 0 Å². The lowest BCUT2D eigenvalue weighted by molar-refractivity contribution is 0.624. The fourth-order valence-electron chi connectivity index (χ4n) is 2.58. The highest BCUT2D eigenvalue weighted by atomic mass is 14.8. The summed E-state index contributed by atoms with van der Waals surface area (Å²) < 4.78 is 0. The van der Waals surface area contributed by atoms with Gasteiger partial charge in [-0.3, -0.25) is 9.98 Å². The van der Waals surface area contributed by atoms with Crippen molar-refractivity contribution < 1.29 is 0 Å². The molecule has 0 amide bonds. The molecule has 1 spiro atoms. The molecule has 0 atom stereocenters. The van der Waals surface area contributed by atoms with Crippen molar-refractivity contribution in [3.63, 3.8) is 0 Å². The van der Waals surface area contributed by atoms with Crippen molar-refractivity contribution >= 4 is 11.9 Å². The first kappa shape index (κ1) is 7.25. The Morgan fingerprint density at radius 2 is 2.08 bits per heavy atom. The number of aromatic nitrogens is 1. The van der Waals surface area contributed by atoms with Crippen LogP contribution in [-0.2, 0) is 5.41 Å². The lowest BCUT2D eigenvalue weighted by Crippen LogP contribution is -2.20. The van der Waals surface area contributed by atoms with Gasteiger partial charge in [0.2, 0.25) is 0 Å². The lowest BCUT2D eigenvalue weighted by atomic mass is 9.82. The second-order valence-electron chi connectivity index (χ2n) is 4.01. The minimum Gasteiger partial charge on any atom is -0.262 e. The minimum absolute atomic E-state index is 0.290. The highest BCUT2D eigenvalue weighted by Crippen LogP contribution is 2.46. The van der Waals surface area contributed by atoms with Gasteiger partial charge in [-0.2, -0.15) is 0 Å². The Morgan fingerprint density at radius 3 is 2.92 bits per heavy atom. The fraction of sp³-hybridized carbons (Fsp3) is 0.455. The van der Waals surface area contributed by atoms with Crippen LogP contribution in [0.25, 0.3) is 0 Å². The van der Waals surface area contributed by atoms with Crippen LogP contribution >= 0.6 is 0 Å². The van der Waals surface area contributed by atoms with Gasteiger partial charge in [0.05, 0.1) is 11.9 Å². The Morgan fingerprint density at radius 1 is 1.23 bits per heavy atom. The topological polar surface area (TPSA) is 25.2 Å². The van der Waals surface area contributed by atoms with Crippen molar-refractivity contribution in [1.82, 2.24) is 4.98 Å². The first-order valence-corrected chi connectivity index (χ1v) is 4.90. The second kappa shape index (κ2) is 2.41. The molecule has 1 aliphatic carbocycles. The number of pyridine rings is 1. The minimum atomic E-state index is 0.290. The van der Waals surface area contributed by atoms with Gasteiger partial charge >= 0.3 is 0 Å². The van der Waals surface area contributed by atoms with E-state index in [2.05, 4.69) is 22.3 Å². The van der Waals surface area contributed by atoms with Crippen LogP contribution in [0.3, 0.4) is 0 Å². The van der Waals surface area contributed by atoms with Crippen molar-refractivity contribution in [2.24, 2.45) is 4.99 Å². The van der Waals surface area contributed by atoms with Gasteiger partial charge < -0.3 is 0 Å². The molecule has 1 saturated carbocycles. The number of nitrogens with zero attached hydrogens (tertiary/aromatic N) is 2. The van der Waals surface area contributed by atoms with Crippen molar-refractivity contribution in [3.8, 4) is 0 Å². The summed E-state index contributed by atoms with van der Waals surface area (Å²) in [7, 11) is 0. The van der Waals surface area contributed by atoms with E-state index in [1.54, 1.807) is 0 Å². The number of aliphatic imine (C=N–C) groups is 1. The van der Waals surface area contributed by atoms with Gasteiger partial charge in [0.25, 0.3) is 0 Å². The Balaban J connectivity index is 2.16. The SMILES string of the molecule is C1=Nc2cnccc2C12CCCC2. The molecular weight excluding hydrogens is 160 g/mol. The third-order valence-corrected chi connectivity index (χ3v) is 3.28. The molecule has 1 fully saturated rings. The molecule has 2 heterocycles. The quantitative estimate of drug-likeness (QED) is 0.590. The molecule has 0 N–H and O–H groups in total. The van der Waals surface area contributed by atoms with Crippen LogP contribution in [0.2, 0.25) is 0 Å². The predicted octanol–water partition coefficient (Wildman–Crippen LogP) is 2.61. The first-order chi connectivity index (χ1) is 6.41. The van der Waals surface area contributed by atoms with Gasteiger partial charge in [0, 0.05) is 17.8 Å². The van der Waals surface area contributed by atoms with Crippen LogP contribution in [0.4, 0.5) is 5.69 Å². The molecule has 13 heavy (non-hydrogen) atoms. The molecule has 0 aromatic carbocycles. The molecule has 3 rings (SSSR count). The third-order valence-electron chi connectivity index (χ3n) is 3.28. The summed E-state index contributed by atoms with van der Waals surface area (Å²) in [5.41, 5.74) is 2.78. The number of hydrogen-bond acceptors (Lipinski definition) is 2. The molecule has 1 aromatic heterocycles. The van der Waals surface area contributed by atoms with Crippen molar-refractivity contribution in [3.05, 3.63) is 24.0 Å². The summed E-state index contributed by atoms with van der Waals surface area (Å²) in [5.74, 6) is 0. The van der Waals surface area contributed by atoms with Crippen LogP contribution in [-0.4, -0.2) is 11.2 Å². The molecule has 1 aliphatic heterocycles. The molecular formula is C11H12N2. The molecule has 66 valence electrons. The van der Waals surface area contributed by atoms with E-state index in [1.807, 2.05) is 12.4 Å². The van der Waals surface area contributed by atoms with Crippen molar-refractivity contribution in [2.75, 3.05) is 0 Å². The van der Waals surface area contributed by atoms with Gasteiger partial charge in [-0.1, -0.05) is 12.8 Å². The normalized spacial score (nSPS) is 22.5. The van der Waals surface area contributed by atoms with Gasteiger partial charge in [-0.25, -0.2) is 0 Å². The van der Waals surface area contributed by atoms with E-state index in [0.717, 1.165) is 5.69 Å². The molecule has 0 unspecified atom stereocenters. The molecule has 2 aliphatic rings. The smallest absolute Gasteiger partial charge is 0.0850 e. The number of hydrogen-bond donors (Lipinski definition) is 0. The van der Waals surface area contributed by atoms with Crippen LogP contribution in [0.15, 0.2) is 23.5 Å². The summed E-state index contributed by atoms with van der Waals surface area (Å²) in [6, 6.07) is 2.13. The number of fused-ring (bicyclic) bond motifs is 2. The third kappa shape index (κ3) is 0.886. The monoisotopic (exact) mass is 172 g/mol. The zero-order valence-electron chi connectivity index (χ0n) is 7.53. The number of rotatable bonds is 0. The summed E-state index contributed by atoms with van der Waals surface area (Å²) >= 11 is 0. The molecule has 2 nitrogen and oxygen atoms in total. The van der Waals surface area contributed by atoms with Crippen LogP contribution in [0.1, 0.15) is 31.2 Å². The van der Waals surface area contributed by atoms with Crippen molar-refractivity contribution in [1.29, 1.82) is 0 Å². The Labute approximate surface area is 77.7 Å². The van der Waals surface area contributed by atoms with Crippen LogP contribution < -0.4 is 0 Å². The van der Waals surface area contributed by atoms with Gasteiger partial charge in [0.1, 0.15) is 0 Å². The summed E-state index contributed by atoms with van der Waals surface area (Å²) in [5, 5.41) is 0. The average molecular weight is 172 g/mol. The van der Waals surface area contributed by atoms with Gasteiger partial charge in [0.15, 0.2) is 0 Å². The van der Waals surface area contributed by atoms with Crippen molar-refractivity contribution in [2.45, 2.75) is 31.1 Å². The predicted molar refractivity (Wildman–Crippen MR) is 52.5 cm³/mol. The Hall–Kier alpha value is -1.18. The maximum atomic E-state index is 4.45. The van der Waals surface area contributed by atoms with E-state index in [0.29, 0.717) is 0 Å². The maximum absolute atomic E-state index is 4.45. The second-order valence-corrected chi connectivity index (χ2v) is 4.01. The fourth-order valence-corrected chi connectivity index (χ4v) is 2.58. The van der Waals surface area contributed by atoms with E-state index < -0.39 is 0 Å². The molecule has 0 bridgehead atoms. The summed E-state index contributed by atoms with van der Waals surface area (Å²) in [4.78, 5) is 8.54. The molecule has 2 heteroatoms. The van der Waals surface area contributed by atoms with E-state index in [4.69, 9.17) is 0 Å². The Kier molecular flexibility index (Phi) is 1.34. The zero-order chi connectivity index (χ0) is 8.73. The van der Waals surface area contributed by atoms with Crippen LogP contribution in [0.5, 0.6) is 0 Å². The Bertz CT molecular complexity index is 362. The average Bonchev–Trinajstić information content (AvgIpc) is 2.78. The zero-order valence-corrected chi connectivity index (χ0v) is 7.53. The first-order valence-electron chi connectivity index (χ1n) is 4.90. The molecule has 1 aromatic rings. The molecule has 0 radical (unpaired) electrons. The lowest BCUT2D eigenvalue weighted by Gasteiger charge is -2.20. The van der Waals surface area contributed by atoms with Gasteiger partial charge in [-0.05, 0) is 24.5 Å². The highest BCUT2D eigenvalue weighted by Gasteiger charge is 2.38. The van der Waals surface area contributed by atoms with E-state index in [-0.39, 0.29) is 5.41 Å². The maximum Gasteiger partial charge on any atom is 0.0850 e. The highest BCUT2D eigenvalue weighted by molar-refractivity contribution is 5.85. The molecule has 0 saturated heterocycles. The van der Waals surface area contributed by atoms with E-state index >= 15 is 0 Å². The standard InChI is InChI=1S/C11H12N2/c1-2-5-11(4-1)8-13-10-7-12-6-3-9(10)11/h3,6-8H,1-2,4-5H2. The van der Waals surface area contributed by atoms with E-state index in [9.17, 15) is 0 Å². The van der Waals surface area contributed by atoms with Gasteiger partial charge in [-0.15, -0.1) is 0 Å².